The lowest BCUT2D eigenvalue weighted by molar-refractivity contribution is -0.0240. The number of hydrogen-bond donors (Lipinski definition) is 1. The molecular formula is C17H25NO. The van der Waals surface area contributed by atoms with Crippen molar-refractivity contribution in [2.45, 2.75) is 50.7 Å². The van der Waals surface area contributed by atoms with Crippen molar-refractivity contribution < 1.29 is 5.11 Å². The second-order valence-electron chi connectivity index (χ2n) is 6.38. The zero-order chi connectivity index (χ0) is 13.1. The van der Waals surface area contributed by atoms with Crippen molar-refractivity contribution in [3.63, 3.8) is 0 Å². The number of likely N-dealkylation sites (tertiary alicyclic amines) is 1. The van der Waals surface area contributed by atoms with Crippen LogP contribution in [0.15, 0.2) is 30.3 Å². The lowest BCUT2D eigenvalue weighted by Gasteiger charge is -2.35. The van der Waals surface area contributed by atoms with E-state index in [1.165, 1.54) is 37.7 Å². The third-order valence-electron chi connectivity index (χ3n) is 4.97. The Bertz CT molecular complexity index is 399. The summed E-state index contributed by atoms with van der Waals surface area (Å²) in [6.07, 6.45) is 7.41. The van der Waals surface area contributed by atoms with Crippen molar-refractivity contribution in [3.05, 3.63) is 35.9 Å². The van der Waals surface area contributed by atoms with Gasteiger partial charge in [0.25, 0.3) is 0 Å². The summed E-state index contributed by atoms with van der Waals surface area (Å²) in [6, 6.07) is 10.6. The SMILES string of the molecule is OC1(C2CCCCC2)CCN(Cc2ccccc2)C1. The maximum atomic E-state index is 10.9. The molecule has 1 aromatic rings. The first-order valence-electron chi connectivity index (χ1n) is 7.75. The summed E-state index contributed by atoms with van der Waals surface area (Å²) in [4.78, 5) is 2.42. The van der Waals surface area contributed by atoms with Gasteiger partial charge in [0.15, 0.2) is 0 Å². The van der Waals surface area contributed by atoms with E-state index in [9.17, 15) is 5.11 Å². The molecule has 0 bridgehead atoms. The van der Waals surface area contributed by atoms with Crippen LogP contribution in [-0.2, 0) is 6.54 Å². The van der Waals surface area contributed by atoms with Crippen LogP contribution < -0.4 is 0 Å². The molecule has 104 valence electrons. The number of hydrogen-bond acceptors (Lipinski definition) is 2. The van der Waals surface area contributed by atoms with Gasteiger partial charge >= 0.3 is 0 Å². The van der Waals surface area contributed by atoms with Gasteiger partial charge in [-0.3, -0.25) is 4.90 Å². The summed E-state index contributed by atoms with van der Waals surface area (Å²) in [5, 5.41) is 10.9. The Kier molecular flexibility index (Phi) is 3.90. The van der Waals surface area contributed by atoms with Crippen molar-refractivity contribution in [1.82, 2.24) is 4.90 Å². The zero-order valence-corrected chi connectivity index (χ0v) is 11.7. The third kappa shape index (κ3) is 3.01. The first-order valence-corrected chi connectivity index (χ1v) is 7.75. The minimum atomic E-state index is -0.408. The molecular weight excluding hydrogens is 234 g/mol. The molecule has 1 aliphatic carbocycles. The van der Waals surface area contributed by atoms with Gasteiger partial charge in [-0.15, -0.1) is 0 Å². The maximum absolute atomic E-state index is 10.9. The average molecular weight is 259 g/mol. The Balaban J connectivity index is 1.59. The van der Waals surface area contributed by atoms with Gasteiger partial charge in [0, 0.05) is 19.6 Å². The maximum Gasteiger partial charge on any atom is 0.0814 e. The second-order valence-corrected chi connectivity index (χ2v) is 6.38. The molecule has 0 amide bonds. The topological polar surface area (TPSA) is 23.5 Å². The van der Waals surface area contributed by atoms with E-state index < -0.39 is 5.60 Å². The van der Waals surface area contributed by atoms with E-state index in [0.29, 0.717) is 5.92 Å². The molecule has 2 aliphatic rings. The Labute approximate surface area is 116 Å². The van der Waals surface area contributed by atoms with Crippen LogP contribution in [0.4, 0.5) is 0 Å². The highest BCUT2D eigenvalue weighted by atomic mass is 16.3. The molecule has 1 saturated carbocycles. The van der Waals surface area contributed by atoms with Gasteiger partial charge < -0.3 is 5.11 Å². The van der Waals surface area contributed by atoms with Crippen LogP contribution in [0.5, 0.6) is 0 Å². The van der Waals surface area contributed by atoms with Crippen LogP contribution in [0, 0.1) is 5.92 Å². The summed E-state index contributed by atoms with van der Waals surface area (Å²) >= 11 is 0. The molecule has 0 aromatic heterocycles. The number of nitrogens with zero attached hydrogens (tertiary/aromatic N) is 1. The molecule has 1 atom stereocenters. The number of rotatable bonds is 3. The molecule has 19 heavy (non-hydrogen) atoms. The van der Waals surface area contributed by atoms with Crippen molar-refractivity contribution in [2.24, 2.45) is 5.92 Å². The molecule has 0 radical (unpaired) electrons. The van der Waals surface area contributed by atoms with Crippen molar-refractivity contribution in [1.29, 1.82) is 0 Å². The van der Waals surface area contributed by atoms with Gasteiger partial charge in [0.1, 0.15) is 0 Å². The monoisotopic (exact) mass is 259 g/mol. The van der Waals surface area contributed by atoms with E-state index in [1.807, 2.05) is 0 Å². The molecule has 3 rings (SSSR count). The number of aliphatic hydroxyl groups is 1. The second kappa shape index (κ2) is 5.64. The fraction of sp³-hybridized carbons (Fsp3) is 0.647. The molecule has 1 saturated heterocycles. The van der Waals surface area contributed by atoms with Crippen LogP contribution in [0.1, 0.15) is 44.1 Å². The highest BCUT2D eigenvalue weighted by Gasteiger charge is 2.42. The van der Waals surface area contributed by atoms with Crippen LogP contribution >= 0.6 is 0 Å². The lowest BCUT2D eigenvalue weighted by atomic mass is 9.76. The lowest BCUT2D eigenvalue weighted by Crippen LogP contribution is -2.41. The Hall–Kier alpha value is -0.860. The molecule has 1 aromatic carbocycles. The van der Waals surface area contributed by atoms with E-state index in [0.717, 1.165) is 26.1 Å². The quantitative estimate of drug-likeness (QED) is 0.901. The van der Waals surface area contributed by atoms with Gasteiger partial charge in [0.05, 0.1) is 5.60 Å². The molecule has 1 N–H and O–H groups in total. The molecule has 1 unspecified atom stereocenters. The Morgan fingerprint density at radius 3 is 2.58 bits per heavy atom. The summed E-state index contributed by atoms with van der Waals surface area (Å²) in [7, 11) is 0. The fourth-order valence-corrected chi connectivity index (χ4v) is 3.85. The third-order valence-corrected chi connectivity index (χ3v) is 4.97. The molecule has 1 heterocycles. The molecule has 1 aliphatic heterocycles. The first-order chi connectivity index (χ1) is 9.26. The van der Waals surface area contributed by atoms with Gasteiger partial charge in [-0.2, -0.15) is 0 Å². The number of benzene rings is 1. The van der Waals surface area contributed by atoms with Crippen LogP contribution in [0.2, 0.25) is 0 Å². The van der Waals surface area contributed by atoms with Crippen molar-refractivity contribution in [2.75, 3.05) is 13.1 Å². The predicted octanol–water partition coefficient (Wildman–Crippen LogP) is 3.20. The van der Waals surface area contributed by atoms with Crippen LogP contribution in [0.3, 0.4) is 0 Å². The minimum absolute atomic E-state index is 0.408. The largest absolute Gasteiger partial charge is 0.388 e. The van der Waals surface area contributed by atoms with Gasteiger partial charge in [-0.25, -0.2) is 0 Å². The highest BCUT2D eigenvalue weighted by Crippen LogP contribution is 2.38. The fourth-order valence-electron chi connectivity index (χ4n) is 3.85. The van der Waals surface area contributed by atoms with E-state index >= 15 is 0 Å². The van der Waals surface area contributed by atoms with E-state index in [2.05, 4.69) is 35.2 Å². The van der Waals surface area contributed by atoms with E-state index in [1.54, 1.807) is 0 Å². The van der Waals surface area contributed by atoms with Gasteiger partial charge in [-0.05, 0) is 30.7 Å². The van der Waals surface area contributed by atoms with Crippen molar-refractivity contribution >= 4 is 0 Å². The average Bonchev–Trinajstić information content (AvgIpc) is 2.84. The molecule has 0 spiro atoms. The zero-order valence-electron chi connectivity index (χ0n) is 11.7. The standard InChI is InChI=1S/C17H25NO/c19-17(16-9-5-2-6-10-16)11-12-18(14-17)13-15-7-3-1-4-8-15/h1,3-4,7-8,16,19H,2,5-6,9-14H2. The molecule has 2 fully saturated rings. The highest BCUT2D eigenvalue weighted by molar-refractivity contribution is 5.15. The van der Waals surface area contributed by atoms with Gasteiger partial charge in [0.2, 0.25) is 0 Å². The summed E-state index contributed by atoms with van der Waals surface area (Å²) in [5.41, 5.74) is 0.949. The van der Waals surface area contributed by atoms with E-state index in [4.69, 9.17) is 0 Å². The summed E-state index contributed by atoms with van der Waals surface area (Å²) in [6.45, 7) is 2.89. The summed E-state index contributed by atoms with van der Waals surface area (Å²) in [5.74, 6) is 0.544. The summed E-state index contributed by atoms with van der Waals surface area (Å²) < 4.78 is 0. The minimum Gasteiger partial charge on any atom is -0.388 e. The van der Waals surface area contributed by atoms with E-state index in [-0.39, 0.29) is 0 Å². The normalized spacial score (nSPS) is 29.7. The van der Waals surface area contributed by atoms with Crippen LogP contribution in [-0.4, -0.2) is 28.7 Å². The smallest absolute Gasteiger partial charge is 0.0814 e. The first kappa shape index (κ1) is 13.1. The van der Waals surface area contributed by atoms with Crippen LogP contribution in [0.25, 0.3) is 0 Å². The predicted molar refractivity (Wildman–Crippen MR) is 77.9 cm³/mol. The number of β-amino-alcohol motifs (C(OH)–C–C–N with tert-alkyl or cyclic N) is 1. The molecule has 2 heteroatoms. The van der Waals surface area contributed by atoms with Crippen molar-refractivity contribution in [3.8, 4) is 0 Å². The van der Waals surface area contributed by atoms with Gasteiger partial charge in [-0.1, -0.05) is 49.6 Å². The Morgan fingerprint density at radius 2 is 1.84 bits per heavy atom. The molecule has 2 nitrogen and oxygen atoms in total. The Morgan fingerprint density at radius 1 is 1.11 bits per heavy atom.